The van der Waals surface area contributed by atoms with E-state index in [1.165, 1.54) is 0 Å². The molecule has 2 aromatic carbocycles. The highest BCUT2D eigenvalue weighted by molar-refractivity contribution is 9.11. The quantitative estimate of drug-likeness (QED) is 0.619. The smallest absolute Gasteiger partial charge is 0.129 e. The number of halogens is 3. The average Bonchev–Trinajstić information content (AvgIpc) is 2.29. The standard InChI is InChI=1S/C6H4Br2O.C6H5BrO/c7-4-1-2-6(9)5(8)3-4;7-5-3-1-2-4-6(5)8/h1-3,9H;1-4,8H. The van der Waals surface area contributed by atoms with Crippen molar-refractivity contribution < 1.29 is 10.2 Å². The van der Waals surface area contributed by atoms with Crippen molar-refractivity contribution in [1.82, 2.24) is 0 Å². The van der Waals surface area contributed by atoms with Gasteiger partial charge in [0, 0.05) is 4.47 Å². The zero-order valence-electron chi connectivity index (χ0n) is 8.57. The molecule has 0 bridgehead atoms. The summed E-state index contributed by atoms with van der Waals surface area (Å²) in [6, 6.07) is 12.2. The molecule has 5 heteroatoms. The molecule has 2 nitrogen and oxygen atoms in total. The highest BCUT2D eigenvalue weighted by atomic mass is 79.9. The first-order valence-electron chi connectivity index (χ1n) is 4.58. The molecule has 0 radical (unpaired) electrons. The van der Waals surface area contributed by atoms with Gasteiger partial charge >= 0.3 is 0 Å². The molecule has 0 saturated carbocycles. The van der Waals surface area contributed by atoms with Crippen LogP contribution in [-0.2, 0) is 0 Å². The third kappa shape index (κ3) is 5.10. The molecule has 2 aromatic rings. The summed E-state index contributed by atoms with van der Waals surface area (Å²) in [6.45, 7) is 0. The van der Waals surface area contributed by atoms with Gasteiger partial charge in [-0.25, -0.2) is 0 Å². The summed E-state index contributed by atoms with van der Waals surface area (Å²) in [5.41, 5.74) is 0. The van der Waals surface area contributed by atoms with Gasteiger partial charge in [-0.05, 0) is 62.2 Å². The van der Waals surface area contributed by atoms with E-state index in [4.69, 9.17) is 10.2 Å². The minimum absolute atomic E-state index is 0.262. The average molecular weight is 425 g/mol. The van der Waals surface area contributed by atoms with E-state index in [0.717, 1.165) is 8.95 Å². The van der Waals surface area contributed by atoms with Gasteiger partial charge in [-0.15, -0.1) is 0 Å². The SMILES string of the molecule is Oc1ccc(Br)cc1Br.Oc1ccccc1Br. The van der Waals surface area contributed by atoms with Crippen LogP contribution in [0.1, 0.15) is 0 Å². The fraction of sp³-hybridized carbons (Fsp3) is 0. The van der Waals surface area contributed by atoms with Gasteiger partial charge in [-0.2, -0.15) is 0 Å². The van der Waals surface area contributed by atoms with Crippen LogP contribution in [0.5, 0.6) is 11.5 Å². The van der Waals surface area contributed by atoms with Crippen LogP contribution in [0, 0.1) is 0 Å². The fourth-order valence-corrected chi connectivity index (χ4v) is 2.26. The molecule has 2 N–H and O–H groups in total. The third-order valence-electron chi connectivity index (χ3n) is 1.76. The van der Waals surface area contributed by atoms with E-state index in [-0.39, 0.29) is 11.5 Å². The molecule has 2 rings (SSSR count). The summed E-state index contributed by atoms with van der Waals surface area (Å²) in [5, 5.41) is 17.8. The first-order valence-corrected chi connectivity index (χ1v) is 6.96. The van der Waals surface area contributed by atoms with Crippen molar-refractivity contribution in [3.8, 4) is 11.5 Å². The van der Waals surface area contributed by atoms with Gasteiger partial charge in [-0.1, -0.05) is 28.1 Å². The summed E-state index contributed by atoms with van der Waals surface area (Å²) in [7, 11) is 0. The Morgan fingerprint density at radius 2 is 1.29 bits per heavy atom. The number of rotatable bonds is 0. The molecular formula is C12H9Br3O2. The number of phenols is 2. The molecule has 0 fully saturated rings. The van der Waals surface area contributed by atoms with E-state index >= 15 is 0 Å². The fourth-order valence-electron chi connectivity index (χ4n) is 0.933. The Balaban J connectivity index is 0.000000171. The normalized spacial score (nSPS) is 9.35. The second-order valence-corrected chi connectivity index (χ2v) is 5.67. The number of benzene rings is 2. The van der Waals surface area contributed by atoms with Crippen LogP contribution in [-0.4, -0.2) is 10.2 Å². The Kier molecular flexibility index (Phi) is 6.02. The van der Waals surface area contributed by atoms with E-state index in [1.54, 1.807) is 36.4 Å². The summed E-state index contributed by atoms with van der Waals surface area (Å²) >= 11 is 9.57. The third-order valence-corrected chi connectivity index (χ3v) is 3.56. The minimum Gasteiger partial charge on any atom is -0.507 e. The Hall–Kier alpha value is -0.520. The predicted molar refractivity (Wildman–Crippen MR) is 79.3 cm³/mol. The van der Waals surface area contributed by atoms with E-state index in [0.29, 0.717) is 4.47 Å². The van der Waals surface area contributed by atoms with Crippen molar-refractivity contribution in [2.45, 2.75) is 0 Å². The summed E-state index contributed by atoms with van der Waals surface area (Å²) in [6.07, 6.45) is 0. The Bertz CT molecular complexity index is 480. The Labute approximate surface area is 125 Å². The number of phenolic OH excluding ortho intramolecular Hbond substituents is 2. The van der Waals surface area contributed by atoms with Gasteiger partial charge in [0.2, 0.25) is 0 Å². The molecule has 0 heterocycles. The molecule has 0 aromatic heterocycles. The second-order valence-electron chi connectivity index (χ2n) is 3.05. The maximum absolute atomic E-state index is 8.98. The van der Waals surface area contributed by atoms with Crippen molar-refractivity contribution >= 4 is 47.8 Å². The van der Waals surface area contributed by atoms with Crippen LogP contribution in [0.2, 0.25) is 0 Å². The highest BCUT2D eigenvalue weighted by Crippen LogP contribution is 2.26. The molecule has 0 amide bonds. The van der Waals surface area contributed by atoms with Crippen LogP contribution >= 0.6 is 47.8 Å². The first kappa shape index (κ1) is 14.5. The molecule has 90 valence electrons. The first-order chi connectivity index (χ1) is 8.00. The summed E-state index contributed by atoms with van der Waals surface area (Å²) in [5.74, 6) is 0.547. The summed E-state index contributed by atoms with van der Waals surface area (Å²) in [4.78, 5) is 0. The topological polar surface area (TPSA) is 40.5 Å². The van der Waals surface area contributed by atoms with E-state index in [1.807, 2.05) is 6.07 Å². The van der Waals surface area contributed by atoms with Gasteiger partial charge < -0.3 is 10.2 Å². The van der Waals surface area contributed by atoms with Crippen molar-refractivity contribution in [2.24, 2.45) is 0 Å². The van der Waals surface area contributed by atoms with Crippen molar-refractivity contribution in [3.63, 3.8) is 0 Å². The molecule has 0 unspecified atom stereocenters. The molecular weight excluding hydrogens is 416 g/mol. The van der Waals surface area contributed by atoms with Crippen molar-refractivity contribution in [2.75, 3.05) is 0 Å². The van der Waals surface area contributed by atoms with Gasteiger partial charge in [0.25, 0.3) is 0 Å². The van der Waals surface area contributed by atoms with Crippen LogP contribution in [0.15, 0.2) is 55.9 Å². The van der Waals surface area contributed by atoms with Crippen LogP contribution in [0.4, 0.5) is 0 Å². The lowest BCUT2D eigenvalue weighted by molar-refractivity contribution is 0.471. The summed E-state index contributed by atoms with van der Waals surface area (Å²) < 4.78 is 2.39. The van der Waals surface area contributed by atoms with Gasteiger partial charge in [-0.3, -0.25) is 0 Å². The Morgan fingerprint density at radius 3 is 1.71 bits per heavy atom. The zero-order chi connectivity index (χ0) is 12.8. The lowest BCUT2D eigenvalue weighted by Gasteiger charge is -1.94. The van der Waals surface area contributed by atoms with Crippen LogP contribution < -0.4 is 0 Å². The van der Waals surface area contributed by atoms with E-state index in [9.17, 15) is 0 Å². The molecule has 0 saturated heterocycles. The molecule has 0 aliphatic rings. The van der Waals surface area contributed by atoms with E-state index < -0.39 is 0 Å². The molecule has 0 aliphatic carbocycles. The Morgan fingerprint density at radius 1 is 0.706 bits per heavy atom. The molecule has 0 spiro atoms. The van der Waals surface area contributed by atoms with Crippen molar-refractivity contribution in [3.05, 3.63) is 55.9 Å². The van der Waals surface area contributed by atoms with Gasteiger partial charge in [0.1, 0.15) is 11.5 Å². The number of aromatic hydroxyl groups is 2. The second kappa shape index (κ2) is 7.03. The number of hydrogen-bond acceptors (Lipinski definition) is 2. The number of para-hydroxylation sites is 1. The number of hydrogen-bond donors (Lipinski definition) is 2. The predicted octanol–water partition coefficient (Wildman–Crippen LogP) is 5.07. The van der Waals surface area contributed by atoms with E-state index in [2.05, 4.69) is 47.8 Å². The lowest BCUT2D eigenvalue weighted by atomic mass is 10.3. The zero-order valence-corrected chi connectivity index (χ0v) is 13.3. The molecule has 17 heavy (non-hydrogen) atoms. The maximum atomic E-state index is 8.98. The molecule has 0 atom stereocenters. The highest BCUT2D eigenvalue weighted by Gasteiger charge is 1.94. The largest absolute Gasteiger partial charge is 0.507 e. The molecule has 0 aliphatic heterocycles. The van der Waals surface area contributed by atoms with Gasteiger partial charge in [0.05, 0.1) is 8.95 Å². The lowest BCUT2D eigenvalue weighted by Crippen LogP contribution is -1.67. The minimum atomic E-state index is 0.262. The van der Waals surface area contributed by atoms with Gasteiger partial charge in [0.15, 0.2) is 0 Å². The monoisotopic (exact) mass is 422 g/mol. The van der Waals surface area contributed by atoms with Crippen LogP contribution in [0.3, 0.4) is 0 Å². The maximum Gasteiger partial charge on any atom is 0.129 e. The van der Waals surface area contributed by atoms with Crippen molar-refractivity contribution in [1.29, 1.82) is 0 Å². The van der Waals surface area contributed by atoms with Crippen LogP contribution in [0.25, 0.3) is 0 Å².